The maximum atomic E-state index is 13.5. The summed E-state index contributed by atoms with van der Waals surface area (Å²) in [5, 5.41) is 9.40. The summed E-state index contributed by atoms with van der Waals surface area (Å²) in [6.45, 7) is 1.24. The van der Waals surface area contributed by atoms with Gasteiger partial charge < -0.3 is 25.3 Å². The molecule has 4 heterocycles. The van der Waals surface area contributed by atoms with Crippen LogP contribution in [0.15, 0.2) is 48.7 Å². The van der Waals surface area contributed by atoms with Gasteiger partial charge in [0.1, 0.15) is 5.75 Å². The van der Waals surface area contributed by atoms with Crippen LogP contribution in [0.2, 0.25) is 5.02 Å². The predicted octanol–water partition coefficient (Wildman–Crippen LogP) is 6.05. The Kier molecular flexibility index (Phi) is 11.0. The first kappa shape index (κ1) is 35.4. The van der Waals surface area contributed by atoms with E-state index >= 15 is 0 Å². The minimum absolute atomic E-state index is 0.00379. The third-order valence-corrected chi connectivity index (χ3v) is 9.64. The second kappa shape index (κ2) is 15.6. The van der Waals surface area contributed by atoms with Gasteiger partial charge in [0.2, 0.25) is 5.91 Å². The second-order valence-electron chi connectivity index (χ2n) is 12.5. The van der Waals surface area contributed by atoms with Gasteiger partial charge in [-0.05, 0) is 49.1 Å². The van der Waals surface area contributed by atoms with Crippen molar-refractivity contribution >= 4 is 29.1 Å². The summed E-state index contributed by atoms with van der Waals surface area (Å²) in [6.07, 6.45) is 3.98. The number of imidazole rings is 1. The molecule has 0 radical (unpaired) electrons. The van der Waals surface area contributed by atoms with Gasteiger partial charge >= 0.3 is 6.61 Å². The predicted molar refractivity (Wildman–Crippen MR) is 185 cm³/mol. The van der Waals surface area contributed by atoms with Crippen LogP contribution in [0.25, 0.3) is 22.4 Å². The average molecular weight is 710 g/mol. The van der Waals surface area contributed by atoms with E-state index < -0.39 is 6.61 Å². The lowest BCUT2D eigenvalue weighted by Gasteiger charge is -2.26. The fourth-order valence-electron chi connectivity index (χ4n) is 6.62. The molecule has 14 heteroatoms. The molecule has 0 aliphatic carbocycles. The second-order valence-corrected chi connectivity index (χ2v) is 12.9. The lowest BCUT2D eigenvalue weighted by atomic mass is 9.97. The molecule has 4 aromatic rings. The molecule has 50 heavy (non-hydrogen) atoms. The molecule has 264 valence electrons. The fraction of sp³-hybridized carbons (Fsp3) is 0.389. The summed E-state index contributed by atoms with van der Waals surface area (Å²) in [6, 6.07) is 12.2. The van der Waals surface area contributed by atoms with Crippen LogP contribution in [0.3, 0.4) is 0 Å². The summed E-state index contributed by atoms with van der Waals surface area (Å²) in [7, 11) is 1.83. The topological polar surface area (TPSA) is 113 Å². The number of amides is 2. The van der Waals surface area contributed by atoms with Gasteiger partial charge in [-0.25, -0.2) is 4.98 Å². The van der Waals surface area contributed by atoms with Crippen molar-refractivity contribution in [3.05, 3.63) is 82.0 Å². The van der Waals surface area contributed by atoms with Crippen LogP contribution in [0.1, 0.15) is 52.4 Å². The Labute approximate surface area is 293 Å². The van der Waals surface area contributed by atoms with Gasteiger partial charge in [-0.2, -0.15) is 8.78 Å². The van der Waals surface area contributed by atoms with Crippen molar-refractivity contribution in [2.45, 2.75) is 58.3 Å². The van der Waals surface area contributed by atoms with Crippen LogP contribution >= 0.6 is 11.6 Å². The summed E-state index contributed by atoms with van der Waals surface area (Å²) in [5.41, 5.74) is 5.95. The minimum Gasteiger partial charge on any atom is -0.434 e. The van der Waals surface area contributed by atoms with Crippen molar-refractivity contribution in [2.75, 3.05) is 31.6 Å². The Morgan fingerprint density at radius 2 is 2.02 bits per heavy atom. The van der Waals surface area contributed by atoms with Gasteiger partial charge in [0, 0.05) is 92.9 Å². The summed E-state index contributed by atoms with van der Waals surface area (Å²) in [4.78, 5) is 36.3. The van der Waals surface area contributed by atoms with E-state index in [1.54, 1.807) is 30.5 Å². The van der Waals surface area contributed by atoms with Crippen LogP contribution in [-0.4, -0.2) is 70.2 Å². The monoisotopic (exact) mass is 709 g/mol. The molecule has 3 N–H and O–H groups in total. The zero-order chi connectivity index (χ0) is 35.4. The highest BCUT2D eigenvalue weighted by molar-refractivity contribution is 6.35. The number of pyridine rings is 1. The van der Waals surface area contributed by atoms with Gasteiger partial charge in [0.15, 0.2) is 5.82 Å². The number of nitrogens with zero attached hydrogens (tertiary/aromatic N) is 4. The molecule has 1 unspecified atom stereocenters. The van der Waals surface area contributed by atoms with E-state index in [-0.39, 0.29) is 36.8 Å². The summed E-state index contributed by atoms with van der Waals surface area (Å²) in [5.74, 6) is -0.0626. The number of hydrogen-bond donors (Lipinski definition) is 3. The van der Waals surface area contributed by atoms with Crippen molar-refractivity contribution in [1.29, 1.82) is 0 Å². The van der Waals surface area contributed by atoms with Gasteiger partial charge in [-0.3, -0.25) is 23.9 Å². The lowest BCUT2D eigenvalue weighted by molar-refractivity contribution is -0.119. The average Bonchev–Trinajstić information content (AvgIpc) is 3.67. The molecule has 1 atom stereocenters. The number of alkyl halides is 3. The van der Waals surface area contributed by atoms with Crippen LogP contribution in [0.5, 0.6) is 5.75 Å². The van der Waals surface area contributed by atoms with E-state index in [2.05, 4.69) is 30.8 Å². The van der Waals surface area contributed by atoms with Crippen molar-refractivity contribution in [3.8, 4) is 28.1 Å². The number of carbonyl (C=O) groups is 2. The van der Waals surface area contributed by atoms with E-state index in [0.717, 1.165) is 41.9 Å². The molecule has 6 rings (SSSR count). The molecule has 10 nitrogen and oxygen atoms in total. The third kappa shape index (κ3) is 7.79. The quantitative estimate of drug-likeness (QED) is 0.155. The smallest absolute Gasteiger partial charge is 0.387 e. The maximum Gasteiger partial charge on any atom is 0.387 e. The number of fused-ring (bicyclic) bond motifs is 1. The first-order valence-electron chi connectivity index (χ1n) is 16.6. The molecule has 1 saturated heterocycles. The van der Waals surface area contributed by atoms with Crippen LogP contribution in [-0.2, 0) is 31.4 Å². The van der Waals surface area contributed by atoms with Crippen molar-refractivity contribution in [1.82, 2.24) is 30.1 Å². The van der Waals surface area contributed by atoms with Gasteiger partial charge in [-0.15, -0.1) is 0 Å². The number of hydrogen-bond acceptors (Lipinski definition) is 7. The van der Waals surface area contributed by atoms with Crippen LogP contribution in [0.4, 0.5) is 18.9 Å². The Balaban J connectivity index is 1.22. The van der Waals surface area contributed by atoms with Crippen molar-refractivity contribution in [2.24, 2.45) is 7.05 Å². The molecule has 2 aliphatic heterocycles. The fourth-order valence-corrected chi connectivity index (χ4v) is 6.94. The number of halogens is 4. The highest BCUT2D eigenvalue weighted by Gasteiger charge is 2.26. The summed E-state index contributed by atoms with van der Waals surface area (Å²) >= 11 is 6.97. The zero-order valence-electron chi connectivity index (χ0n) is 27.9. The summed E-state index contributed by atoms with van der Waals surface area (Å²) < 4.78 is 46.3. The van der Waals surface area contributed by atoms with Crippen molar-refractivity contribution < 1.29 is 27.5 Å². The van der Waals surface area contributed by atoms with Gasteiger partial charge in [-0.1, -0.05) is 35.9 Å². The Hall–Kier alpha value is -4.46. The number of benzene rings is 2. The number of ether oxygens (including phenoxy) is 1. The zero-order valence-corrected chi connectivity index (χ0v) is 28.6. The van der Waals surface area contributed by atoms with Crippen molar-refractivity contribution in [3.63, 3.8) is 0 Å². The van der Waals surface area contributed by atoms with Crippen LogP contribution < -0.4 is 20.7 Å². The molecule has 2 aromatic heterocycles. The largest absolute Gasteiger partial charge is 0.434 e. The molecule has 2 amide bonds. The molecule has 0 bridgehead atoms. The molecule has 0 spiro atoms. The molecular formula is C36H39ClF3N7O3. The third-order valence-electron chi connectivity index (χ3n) is 9.26. The number of nitrogens with one attached hydrogen (secondary N) is 3. The normalized spacial score (nSPS) is 16.1. The number of rotatable bonds is 13. The SMILES string of the molecule is Cc1c(NC(=O)c2nc3c(n2C)CCN(CCCF)C3)cccc1-c1ccnc(-c2ccc(CNCC3CCC(=O)N3)c(OC(F)F)c2)c1Cl. The van der Waals surface area contributed by atoms with E-state index in [1.165, 1.54) is 6.07 Å². The van der Waals surface area contributed by atoms with Gasteiger partial charge in [0.05, 0.1) is 23.1 Å². The van der Waals surface area contributed by atoms with E-state index in [1.807, 2.05) is 30.7 Å². The molecular weight excluding hydrogens is 671 g/mol. The molecule has 1 fully saturated rings. The highest BCUT2D eigenvalue weighted by Crippen LogP contribution is 2.39. The number of carbonyl (C=O) groups excluding carboxylic acids is 2. The molecule has 2 aliphatic rings. The van der Waals surface area contributed by atoms with E-state index in [0.29, 0.717) is 71.4 Å². The van der Waals surface area contributed by atoms with E-state index in [4.69, 9.17) is 16.3 Å². The standard InChI is InChI=1S/C36H39ClF3N7O3/c1-21-25(5-3-6-27(21)45-35(49)34-44-28-20-47(15-4-13-38)16-12-29(28)46(34)2)26-11-14-42-33(32(26)37)22-7-8-23(30(17-22)50-36(39)40)18-41-19-24-9-10-31(48)43-24/h3,5-8,11,14,17,24,36,41H,4,9-10,12-13,15-16,18-20H2,1-2H3,(H,43,48)(H,45,49). The first-order valence-corrected chi connectivity index (χ1v) is 17.0. The Morgan fingerprint density at radius 1 is 1.18 bits per heavy atom. The number of aromatic nitrogens is 3. The van der Waals surface area contributed by atoms with Gasteiger partial charge in [0.25, 0.3) is 5.91 Å². The Bertz CT molecular complexity index is 1890. The Morgan fingerprint density at radius 3 is 2.78 bits per heavy atom. The molecule has 0 saturated carbocycles. The number of anilines is 1. The highest BCUT2D eigenvalue weighted by atomic mass is 35.5. The minimum atomic E-state index is -3.04. The molecule has 2 aromatic carbocycles. The maximum absolute atomic E-state index is 13.5. The first-order chi connectivity index (χ1) is 24.1. The lowest BCUT2D eigenvalue weighted by Crippen LogP contribution is -2.35. The van der Waals surface area contributed by atoms with E-state index in [9.17, 15) is 22.8 Å². The van der Waals surface area contributed by atoms with Crippen LogP contribution in [0, 0.1) is 6.92 Å².